The summed E-state index contributed by atoms with van der Waals surface area (Å²) in [4.78, 5) is 32.2. The fourth-order valence-corrected chi connectivity index (χ4v) is 4.13. The van der Waals surface area contributed by atoms with Gasteiger partial charge in [0.05, 0.1) is 18.8 Å². The first-order valence-corrected chi connectivity index (χ1v) is 11.2. The molecule has 1 aliphatic rings. The second-order valence-electron chi connectivity index (χ2n) is 8.65. The molecule has 7 nitrogen and oxygen atoms in total. The monoisotopic (exact) mass is 466 g/mol. The lowest BCUT2D eigenvalue weighted by atomic mass is 10.0. The van der Waals surface area contributed by atoms with Crippen molar-refractivity contribution < 1.29 is 23.1 Å². The second kappa shape index (κ2) is 9.70. The third-order valence-corrected chi connectivity index (χ3v) is 6.11. The summed E-state index contributed by atoms with van der Waals surface area (Å²) in [6, 6.07) is 5.01. The molecule has 3 rings (SSSR count). The average Bonchev–Trinajstić information content (AvgIpc) is 3.17. The predicted octanol–water partition coefficient (Wildman–Crippen LogP) is 3.31. The number of rotatable bonds is 8. The Morgan fingerprint density at radius 2 is 1.78 bits per heavy atom. The van der Waals surface area contributed by atoms with Crippen LogP contribution >= 0.6 is 11.3 Å². The van der Waals surface area contributed by atoms with Crippen LogP contribution < -0.4 is 10.6 Å². The number of anilines is 1. The number of amides is 1. The van der Waals surface area contributed by atoms with E-state index in [1.54, 1.807) is 13.8 Å². The number of nitrogens with zero attached hydrogens (tertiary/aromatic N) is 2. The maximum atomic E-state index is 14.8. The molecule has 1 aromatic carbocycles. The van der Waals surface area contributed by atoms with Gasteiger partial charge in [-0.3, -0.25) is 19.8 Å². The fraction of sp³-hybridized carbons (Fsp3) is 0.500. The maximum absolute atomic E-state index is 14.8. The molecular weight excluding hydrogens is 438 g/mol. The Labute approximate surface area is 190 Å². The van der Waals surface area contributed by atoms with E-state index in [9.17, 15) is 18.4 Å². The lowest BCUT2D eigenvalue weighted by molar-refractivity contribution is -0.121. The molecule has 1 aromatic heterocycles. The van der Waals surface area contributed by atoms with E-state index in [1.807, 2.05) is 0 Å². The van der Waals surface area contributed by atoms with Crippen molar-refractivity contribution in [2.24, 2.45) is 0 Å². The number of ketones is 1. The van der Waals surface area contributed by atoms with Gasteiger partial charge in [-0.15, -0.1) is 0 Å². The smallest absolute Gasteiger partial charge is 0.245 e. The summed E-state index contributed by atoms with van der Waals surface area (Å²) < 4.78 is 33.4. The molecule has 0 aliphatic carbocycles. The zero-order valence-corrected chi connectivity index (χ0v) is 19.4. The third kappa shape index (κ3) is 5.94. The fourth-order valence-electron chi connectivity index (χ4n) is 3.07. The van der Waals surface area contributed by atoms with Crippen LogP contribution in [0.4, 0.5) is 13.9 Å². The molecule has 10 heteroatoms. The first-order chi connectivity index (χ1) is 15.0. The highest BCUT2D eigenvalue weighted by Crippen LogP contribution is 2.35. The lowest BCUT2D eigenvalue weighted by Gasteiger charge is -2.31. The topological polar surface area (TPSA) is 83.6 Å². The van der Waals surface area contributed by atoms with E-state index in [1.165, 1.54) is 38.1 Å². The van der Waals surface area contributed by atoms with Gasteiger partial charge in [0.15, 0.2) is 5.13 Å². The van der Waals surface area contributed by atoms with E-state index < -0.39 is 22.8 Å². The van der Waals surface area contributed by atoms with Crippen LogP contribution in [0.1, 0.15) is 48.6 Å². The van der Waals surface area contributed by atoms with Gasteiger partial charge in [0.2, 0.25) is 11.7 Å². The number of ether oxygens (including phenoxy) is 1. The van der Waals surface area contributed by atoms with Gasteiger partial charge in [0, 0.05) is 25.3 Å². The summed E-state index contributed by atoms with van der Waals surface area (Å²) in [5, 5.41) is 6.04. The molecule has 2 aromatic rings. The summed E-state index contributed by atoms with van der Waals surface area (Å²) in [5.74, 6) is -1.31. The molecule has 0 atom stereocenters. The molecule has 1 amide bonds. The summed E-state index contributed by atoms with van der Waals surface area (Å²) in [6.45, 7) is 9.44. The number of morpholine rings is 1. The quantitative estimate of drug-likeness (QED) is 0.581. The standard InChI is InChI=1S/C22H28F2N4O3S/c1-21(2,24)18-17(16(29)14-5-7-15(23)8-6-14)32-20(26-18)27-19(30)22(3,4)25-13-28-9-11-31-12-10-28/h5-8,25H,9-13H2,1-4H3,(H,26,27,30). The Kier molecular flexibility index (Phi) is 7.39. The Balaban J connectivity index is 1.76. The molecule has 0 saturated carbocycles. The molecule has 32 heavy (non-hydrogen) atoms. The Hall–Kier alpha value is -2.27. The molecule has 1 saturated heterocycles. The van der Waals surface area contributed by atoms with Crippen molar-refractivity contribution in [1.82, 2.24) is 15.2 Å². The number of aromatic nitrogens is 1. The normalized spacial score (nSPS) is 15.6. The van der Waals surface area contributed by atoms with Crippen molar-refractivity contribution >= 4 is 28.2 Å². The van der Waals surface area contributed by atoms with Gasteiger partial charge in [-0.05, 0) is 52.0 Å². The zero-order chi connectivity index (χ0) is 23.5. The van der Waals surface area contributed by atoms with Crippen LogP contribution in [0.15, 0.2) is 24.3 Å². The second-order valence-corrected chi connectivity index (χ2v) is 9.65. The van der Waals surface area contributed by atoms with Crippen LogP contribution in [0.2, 0.25) is 0 Å². The van der Waals surface area contributed by atoms with E-state index in [-0.39, 0.29) is 27.2 Å². The third-order valence-electron chi connectivity index (χ3n) is 5.14. The number of thiazole rings is 1. The number of nitrogens with one attached hydrogen (secondary N) is 2. The van der Waals surface area contributed by atoms with Gasteiger partial charge in [0.1, 0.15) is 22.1 Å². The average molecular weight is 467 g/mol. The van der Waals surface area contributed by atoms with E-state index in [0.717, 1.165) is 24.4 Å². The molecule has 2 heterocycles. The summed E-state index contributed by atoms with van der Waals surface area (Å²) in [5.41, 5.74) is -2.69. The zero-order valence-electron chi connectivity index (χ0n) is 18.6. The molecule has 0 radical (unpaired) electrons. The molecule has 0 bridgehead atoms. The Bertz CT molecular complexity index is 965. The summed E-state index contributed by atoms with van der Waals surface area (Å²) in [7, 11) is 0. The molecule has 2 N–H and O–H groups in total. The number of benzene rings is 1. The molecule has 0 unspecified atom stereocenters. The first-order valence-electron chi connectivity index (χ1n) is 10.3. The minimum Gasteiger partial charge on any atom is -0.379 e. The van der Waals surface area contributed by atoms with Crippen molar-refractivity contribution in [2.45, 2.75) is 38.9 Å². The number of halogens is 2. The SMILES string of the molecule is CC(C)(NCN1CCOCC1)C(=O)Nc1nc(C(C)(C)F)c(C(=O)c2ccc(F)cc2)s1. The van der Waals surface area contributed by atoms with Crippen LogP contribution in [0.3, 0.4) is 0 Å². The molecule has 1 fully saturated rings. The van der Waals surface area contributed by atoms with Gasteiger partial charge in [-0.2, -0.15) is 0 Å². The number of carbonyl (C=O) groups excluding carboxylic acids is 2. The predicted molar refractivity (Wildman–Crippen MR) is 119 cm³/mol. The lowest BCUT2D eigenvalue weighted by Crippen LogP contribution is -2.54. The number of hydrogen-bond donors (Lipinski definition) is 2. The number of carbonyl (C=O) groups is 2. The summed E-state index contributed by atoms with van der Waals surface area (Å²) >= 11 is 0.903. The molecule has 0 spiro atoms. The molecule has 1 aliphatic heterocycles. The Morgan fingerprint density at radius 3 is 2.38 bits per heavy atom. The van der Waals surface area contributed by atoms with Gasteiger partial charge in [-0.1, -0.05) is 11.3 Å². The van der Waals surface area contributed by atoms with Gasteiger partial charge >= 0.3 is 0 Å². The largest absolute Gasteiger partial charge is 0.379 e. The van der Waals surface area contributed by atoms with Gasteiger partial charge < -0.3 is 10.1 Å². The highest BCUT2D eigenvalue weighted by atomic mass is 32.1. The van der Waals surface area contributed by atoms with E-state index in [2.05, 4.69) is 20.5 Å². The molecule has 174 valence electrons. The molecular formula is C22H28F2N4O3S. The summed E-state index contributed by atoms with van der Waals surface area (Å²) in [6.07, 6.45) is 0. The minimum absolute atomic E-state index is 0.0637. The number of alkyl halides is 1. The van der Waals surface area contributed by atoms with Crippen molar-refractivity contribution in [2.75, 3.05) is 38.3 Å². The van der Waals surface area contributed by atoms with Gasteiger partial charge in [-0.25, -0.2) is 13.8 Å². The highest BCUT2D eigenvalue weighted by Gasteiger charge is 2.33. The van der Waals surface area contributed by atoms with Crippen LogP contribution in [0.5, 0.6) is 0 Å². The Morgan fingerprint density at radius 1 is 1.16 bits per heavy atom. The van der Waals surface area contributed by atoms with E-state index in [0.29, 0.717) is 19.9 Å². The van der Waals surface area contributed by atoms with Crippen molar-refractivity contribution in [3.63, 3.8) is 0 Å². The van der Waals surface area contributed by atoms with Crippen LogP contribution in [0, 0.1) is 5.82 Å². The van der Waals surface area contributed by atoms with Crippen LogP contribution in [-0.2, 0) is 15.2 Å². The first kappa shape index (κ1) is 24.4. The van der Waals surface area contributed by atoms with E-state index >= 15 is 0 Å². The van der Waals surface area contributed by atoms with E-state index in [4.69, 9.17) is 4.74 Å². The van der Waals surface area contributed by atoms with Crippen LogP contribution in [0.25, 0.3) is 0 Å². The van der Waals surface area contributed by atoms with Crippen molar-refractivity contribution in [3.05, 3.63) is 46.2 Å². The van der Waals surface area contributed by atoms with Crippen molar-refractivity contribution in [1.29, 1.82) is 0 Å². The maximum Gasteiger partial charge on any atom is 0.245 e. The van der Waals surface area contributed by atoms with Gasteiger partial charge in [0.25, 0.3) is 0 Å². The highest BCUT2D eigenvalue weighted by molar-refractivity contribution is 7.18. The minimum atomic E-state index is -1.91. The number of hydrogen-bond acceptors (Lipinski definition) is 7. The van der Waals surface area contributed by atoms with Crippen molar-refractivity contribution in [3.8, 4) is 0 Å². The van der Waals surface area contributed by atoms with Crippen LogP contribution in [-0.4, -0.2) is 60.1 Å².